The molecule has 0 radical (unpaired) electrons. The number of carbonyl (C=O) groups excluding carboxylic acids is 6. The van der Waals surface area contributed by atoms with E-state index in [4.69, 9.17) is 18.9 Å². The molecule has 13 aromatic carbocycles. The lowest BCUT2D eigenvalue weighted by Crippen LogP contribution is -2.43. The van der Waals surface area contributed by atoms with E-state index in [9.17, 15) is 33.9 Å². The summed E-state index contributed by atoms with van der Waals surface area (Å²) in [7, 11) is 0. The number of nitrogens with one attached hydrogen (secondary N) is 5. The fourth-order valence-corrected chi connectivity index (χ4v) is 18.9. The summed E-state index contributed by atoms with van der Waals surface area (Å²) in [4.78, 5) is 93.1. The van der Waals surface area contributed by atoms with Gasteiger partial charge in [0, 0.05) is 155 Å². The number of rotatable bonds is 39. The van der Waals surface area contributed by atoms with Gasteiger partial charge in [0.25, 0.3) is 0 Å². The van der Waals surface area contributed by atoms with Gasteiger partial charge in [-0.15, -0.1) is 0 Å². The Kier molecular flexibility index (Phi) is 41.9. The number of benzene rings is 13. The van der Waals surface area contributed by atoms with Crippen molar-refractivity contribution in [1.29, 1.82) is 0 Å². The van der Waals surface area contributed by atoms with E-state index in [2.05, 4.69) is 217 Å². The molecule has 0 spiro atoms. The first-order chi connectivity index (χ1) is 70.1. The third kappa shape index (κ3) is 33.0. The molecule has 8 amide bonds. The number of hydrogen-bond donors (Lipinski definition) is 6. The van der Waals surface area contributed by atoms with Crippen LogP contribution >= 0.6 is 0 Å². The van der Waals surface area contributed by atoms with Crippen LogP contribution in [0, 0.1) is 0 Å². The first kappa shape index (κ1) is 106. The Morgan fingerprint density at radius 3 is 0.769 bits per heavy atom. The highest BCUT2D eigenvalue weighted by Gasteiger charge is 2.27. The molecule has 4 saturated heterocycles. The van der Waals surface area contributed by atoms with Crippen molar-refractivity contribution >= 4 is 79.8 Å². The maximum Gasteiger partial charge on any atom is 0.318 e. The van der Waals surface area contributed by atoms with Crippen LogP contribution in [0.4, 0.5) is 19.2 Å². The second kappa shape index (κ2) is 56.7. The molecule has 4 heterocycles. The second-order valence-electron chi connectivity index (χ2n) is 37.5. The maximum atomic E-state index is 13.7. The molecule has 17 rings (SSSR count). The summed E-state index contributed by atoms with van der Waals surface area (Å²) in [5.74, 6) is 0. The molecule has 143 heavy (non-hydrogen) atoms. The van der Waals surface area contributed by atoms with Crippen LogP contribution < -0.4 is 26.6 Å². The van der Waals surface area contributed by atoms with E-state index >= 15 is 0 Å². The third-order valence-electron chi connectivity index (χ3n) is 27.1. The molecule has 4 aliphatic heterocycles. The van der Waals surface area contributed by atoms with Gasteiger partial charge in [0.2, 0.25) is 0 Å². The number of carbonyl (C=O) groups is 6. The van der Waals surface area contributed by atoms with Crippen molar-refractivity contribution < 1.29 is 52.8 Å². The third-order valence-corrected chi connectivity index (χ3v) is 27.1. The van der Waals surface area contributed by atoms with Gasteiger partial charge >= 0.3 is 24.1 Å². The van der Waals surface area contributed by atoms with Gasteiger partial charge in [0.15, 0.2) is 0 Å². The zero-order valence-corrected chi connectivity index (χ0v) is 83.6. The fourth-order valence-electron chi connectivity index (χ4n) is 18.9. The smallest absolute Gasteiger partial charge is 0.318 e. The Labute approximate surface area is 844 Å². The van der Waals surface area contributed by atoms with Gasteiger partial charge in [0.05, 0.1) is 83.6 Å². The standard InChI is InChI=1S/C35H42N4O2.C28H35N3O3.2C28H33N3O3/c1-28(33-14-7-12-32-11-5-6-13-34(32)33)37-35(40)39(20-8-19-38-21-23-41-24-22-38)27-31-17-15-30(16-18-31)26-36-25-29-9-3-2-4-10-29;3*1-22(26-9-4-7-25-6-2-3-8-27(25)26)29-28(33)31(15-5-14-30-16-18-34-19-17-30)20-23-10-12-24(21-32)13-11-23/h2-7,9-18,28,36H,8,19-27H2,1H3,(H,37,40);2-4,6-13,22,32H,5,14-21H2,1H3,(H,29,33);2*2-4,6-13,21-22H,5,14-20H2,1H3,(H,29,33)/t28-;3*22-/m0000/s1. The molecule has 6 N–H and O–H groups in total. The monoisotopic (exact) mass is 1930 g/mol. The number of morpholine rings is 4. The number of hydrogen-bond acceptors (Lipinski definition) is 16. The van der Waals surface area contributed by atoms with Gasteiger partial charge < -0.3 is 70.2 Å². The molecule has 750 valence electrons. The average molecular weight is 1930 g/mol. The summed E-state index contributed by atoms with van der Waals surface area (Å²) < 4.78 is 21.8. The van der Waals surface area contributed by atoms with Gasteiger partial charge in [-0.05, 0) is 158 Å². The van der Waals surface area contributed by atoms with Gasteiger partial charge in [-0.3, -0.25) is 29.2 Å². The molecule has 0 saturated carbocycles. The molecule has 0 bridgehead atoms. The molecule has 24 heteroatoms. The Morgan fingerprint density at radius 2 is 0.510 bits per heavy atom. The first-order valence-electron chi connectivity index (χ1n) is 51.0. The normalized spacial score (nSPS) is 15.0. The lowest BCUT2D eigenvalue weighted by atomic mass is 10.00. The van der Waals surface area contributed by atoms with Crippen molar-refractivity contribution in [2.75, 3.05) is 158 Å². The minimum atomic E-state index is -0.127. The van der Waals surface area contributed by atoms with E-state index in [1.807, 2.05) is 150 Å². The molecule has 0 aliphatic carbocycles. The van der Waals surface area contributed by atoms with Crippen LogP contribution in [0.25, 0.3) is 43.1 Å². The topological polar surface area (TPSA) is 246 Å². The summed E-state index contributed by atoms with van der Waals surface area (Å²) in [5.41, 5.74) is 13.3. The van der Waals surface area contributed by atoms with E-state index in [1.54, 1.807) is 24.3 Å². The highest BCUT2D eigenvalue weighted by atomic mass is 16.5. The van der Waals surface area contributed by atoms with Crippen molar-refractivity contribution in [2.24, 2.45) is 0 Å². The number of aliphatic hydroxyl groups excluding tert-OH is 1. The fraction of sp³-hybridized carbons (Fsp3) is 0.361. The van der Waals surface area contributed by atoms with Crippen molar-refractivity contribution in [3.8, 4) is 0 Å². The Bertz CT molecular complexity index is 5900. The highest BCUT2D eigenvalue weighted by Crippen LogP contribution is 2.31. The van der Waals surface area contributed by atoms with Crippen molar-refractivity contribution in [3.05, 3.63) is 370 Å². The highest BCUT2D eigenvalue weighted by molar-refractivity contribution is 5.90. The first-order valence-corrected chi connectivity index (χ1v) is 51.0. The van der Waals surface area contributed by atoms with Gasteiger partial charge in [-0.25, -0.2) is 19.2 Å². The van der Waals surface area contributed by atoms with Crippen LogP contribution in [0.5, 0.6) is 0 Å². The lowest BCUT2D eigenvalue weighted by molar-refractivity contribution is 0.0364. The minimum Gasteiger partial charge on any atom is -0.392 e. The van der Waals surface area contributed by atoms with E-state index in [-0.39, 0.29) is 54.9 Å². The molecule has 4 atom stereocenters. The quantitative estimate of drug-likeness (QED) is 0.0196. The van der Waals surface area contributed by atoms with Crippen LogP contribution in [-0.4, -0.2) is 239 Å². The Balaban J connectivity index is 0.000000152. The molecule has 0 unspecified atom stereocenters. The number of ether oxygens (including phenoxy) is 4. The van der Waals surface area contributed by atoms with E-state index in [1.165, 1.54) is 38.1 Å². The second-order valence-corrected chi connectivity index (χ2v) is 37.5. The SMILES string of the molecule is C[C@H](NC(=O)N(CCCN1CCOCC1)Cc1ccc(C=O)cc1)c1cccc2ccccc12.C[C@H](NC(=O)N(CCCN1CCOCC1)Cc1ccc(C=O)cc1)c1cccc2ccccc12.C[C@H](NC(=O)N(CCCN1CCOCC1)Cc1ccc(CNCc2ccccc2)cc1)c1cccc2ccccc12.C[C@H](NC(=O)N(CCCN1CCOCC1)Cc1ccc(CO)cc1)c1cccc2ccccc12. The number of fused-ring (bicyclic) bond motifs is 4. The maximum absolute atomic E-state index is 13.7. The molecular weight excluding hydrogens is 1790 g/mol. The minimum absolute atomic E-state index is 0.0204. The van der Waals surface area contributed by atoms with Gasteiger partial charge in [0.1, 0.15) is 12.6 Å². The number of aliphatic hydroxyl groups is 1. The van der Waals surface area contributed by atoms with Gasteiger partial charge in [-0.2, -0.15) is 0 Å². The Hall–Kier alpha value is -13.1. The number of urea groups is 4. The van der Waals surface area contributed by atoms with Crippen molar-refractivity contribution in [2.45, 2.75) is 123 Å². The van der Waals surface area contributed by atoms with Crippen molar-refractivity contribution in [3.63, 3.8) is 0 Å². The predicted molar refractivity (Wildman–Crippen MR) is 572 cm³/mol. The van der Waals surface area contributed by atoms with Crippen LogP contribution in [0.15, 0.2) is 297 Å². The Morgan fingerprint density at radius 1 is 0.287 bits per heavy atom. The van der Waals surface area contributed by atoms with Crippen LogP contribution in [0.3, 0.4) is 0 Å². The van der Waals surface area contributed by atoms with Crippen LogP contribution in [-0.2, 0) is 64.8 Å². The summed E-state index contributed by atoms with van der Waals surface area (Å²) >= 11 is 0. The van der Waals surface area contributed by atoms with E-state index < -0.39 is 0 Å². The molecule has 13 aromatic rings. The largest absolute Gasteiger partial charge is 0.392 e. The van der Waals surface area contributed by atoms with Crippen LogP contribution in [0.2, 0.25) is 0 Å². The number of amides is 8. The summed E-state index contributed by atoms with van der Waals surface area (Å²) in [6.45, 7) is 32.3. The molecule has 4 aliphatic rings. The molecule has 4 fully saturated rings. The van der Waals surface area contributed by atoms with Crippen molar-refractivity contribution in [1.82, 2.24) is 65.8 Å². The summed E-state index contributed by atoms with van der Waals surface area (Å²) in [6.07, 6.45) is 5.29. The molecule has 0 aromatic heterocycles. The zero-order chi connectivity index (χ0) is 99.5. The summed E-state index contributed by atoms with van der Waals surface area (Å²) in [5, 5.41) is 35.2. The molecular formula is C119H143N13O11. The lowest BCUT2D eigenvalue weighted by Gasteiger charge is -2.29. The number of nitrogens with zero attached hydrogens (tertiary/aromatic N) is 8. The number of aldehydes is 2. The predicted octanol–water partition coefficient (Wildman–Crippen LogP) is 19.7. The van der Waals surface area contributed by atoms with E-state index in [0.717, 1.165) is 249 Å². The van der Waals surface area contributed by atoms with Crippen LogP contribution in [0.1, 0.15) is 159 Å². The summed E-state index contributed by atoms with van der Waals surface area (Å²) in [6, 6.07) is 99.1. The van der Waals surface area contributed by atoms with Gasteiger partial charge in [-0.1, -0.05) is 297 Å². The van der Waals surface area contributed by atoms with E-state index in [0.29, 0.717) is 63.5 Å². The zero-order valence-electron chi connectivity index (χ0n) is 83.6. The average Bonchev–Trinajstić information content (AvgIpc) is 0.821. The molecule has 24 nitrogen and oxygen atoms in total.